The molecule has 0 aliphatic carbocycles. The number of rotatable bonds is 5. The summed E-state index contributed by atoms with van der Waals surface area (Å²) in [6, 6.07) is 3.66. The number of carboxylic acids is 1. The van der Waals surface area contributed by atoms with Crippen molar-refractivity contribution >= 4 is 27.8 Å². The molecule has 21 heavy (non-hydrogen) atoms. The summed E-state index contributed by atoms with van der Waals surface area (Å²) in [6.45, 7) is 0. The van der Waals surface area contributed by atoms with Crippen LogP contribution in [0.2, 0.25) is 0 Å². The zero-order valence-electron chi connectivity index (χ0n) is 11.5. The smallest absolute Gasteiger partial charge is 0.335 e. The number of ether oxygens (including phenoxy) is 1. The molecule has 1 aromatic carbocycles. The SMILES string of the molecule is COc1ccc(C(=O)O)cc1S(=O)(=O)NC1CCCSC1. The number of hydrogen-bond donors (Lipinski definition) is 2. The Kier molecular flexibility index (Phi) is 5.13. The van der Waals surface area contributed by atoms with Gasteiger partial charge in [-0.3, -0.25) is 0 Å². The lowest BCUT2D eigenvalue weighted by molar-refractivity contribution is 0.0696. The van der Waals surface area contributed by atoms with Crippen LogP contribution in [-0.4, -0.2) is 44.2 Å². The van der Waals surface area contributed by atoms with Gasteiger partial charge in [-0.25, -0.2) is 17.9 Å². The first-order valence-corrected chi connectivity index (χ1v) is 9.09. The maximum Gasteiger partial charge on any atom is 0.335 e. The van der Waals surface area contributed by atoms with Crippen LogP contribution in [0.4, 0.5) is 0 Å². The first-order valence-electron chi connectivity index (χ1n) is 6.45. The van der Waals surface area contributed by atoms with E-state index in [1.807, 2.05) is 0 Å². The summed E-state index contributed by atoms with van der Waals surface area (Å²) < 4.78 is 32.6. The van der Waals surface area contributed by atoms with E-state index in [1.165, 1.54) is 19.2 Å². The second-order valence-corrected chi connectivity index (χ2v) is 7.54. The van der Waals surface area contributed by atoms with E-state index in [0.29, 0.717) is 0 Å². The number of carboxylic acid groups (broad SMARTS) is 1. The molecule has 2 rings (SSSR count). The molecule has 0 saturated carbocycles. The van der Waals surface area contributed by atoms with Crippen LogP contribution in [0.3, 0.4) is 0 Å². The Morgan fingerprint density at radius 1 is 1.48 bits per heavy atom. The minimum atomic E-state index is -3.81. The fourth-order valence-corrected chi connectivity index (χ4v) is 4.78. The van der Waals surface area contributed by atoms with Crippen molar-refractivity contribution in [1.82, 2.24) is 4.72 Å². The zero-order chi connectivity index (χ0) is 15.5. The van der Waals surface area contributed by atoms with Gasteiger partial charge in [0.15, 0.2) is 0 Å². The molecule has 1 unspecified atom stereocenters. The van der Waals surface area contributed by atoms with E-state index >= 15 is 0 Å². The summed E-state index contributed by atoms with van der Waals surface area (Å²) in [6.07, 6.45) is 1.75. The molecule has 6 nitrogen and oxygen atoms in total. The van der Waals surface area contributed by atoms with E-state index in [1.54, 1.807) is 11.8 Å². The van der Waals surface area contributed by atoms with Gasteiger partial charge in [0.25, 0.3) is 0 Å². The molecule has 8 heteroatoms. The third-order valence-corrected chi connectivity index (χ3v) is 5.94. The molecule has 1 heterocycles. The number of thioether (sulfide) groups is 1. The van der Waals surface area contributed by atoms with Crippen LogP contribution in [0.15, 0.2) is 23.1 Å². The molecule has 1 aliphatic rings. The Balaban J connectivity index is 2.32. The topological polar surface area (TPSA) is 92.7 Å². The van der Waals surface area contributed by atoms with E-state index in [2.05, 4.69) is 4.72 Å². The molecule has 1 atom stereocenters. The highest BCUT2D eigenvalue weighted by Gasteiger charge is 2.26. The minimum absolute atomic E-state index is 0.0887. The lowest BCUT2D eigenvalue weighted by Gasteiger charge is -2.22. The van der Waals surface area contributed by atoms with Gasteiger partial charge < -0.3 is 9.84 Å². The molecule has 2 N–H and O–H groups in total. The van der Waals surface area contributed by atoms with E-state index in [9.17, 15) is 13.2 Å². The molecule has 0 spiro atoms. The van der Waals surface area contributed by atoms with Crippen molar-refractivity contribution in [2.75, 3.05) is 18.6 Å². The Morgan fingerprint density at radius 3 is 2.81 bits per heavy atom. The number of hydrogen-bond acceptors (Lipinski definition) is 5. The molecular weight excluding hydrogens is 314 g/mol. The molecule has 0 amide bonds. The maximum atomic E-state index is 12.5. The summed E-state index contributed by atoms with van der Waals surface area (Å²) in [7, 11) is -2.46. The van der Waals surface area contributed by atoms with Gasteiger partial charge in [-0.1, -0.05) is 0 Å². The summed E-state index contributed by atoms with van der Waals surface area (Å²) in [5, 5.41) is 9.00. The van der Waals surface area contributed by atoms with Gasteiger partial charge in [0.1, 0.15) is 10.6 Å². The zero-order valence-corrected chi connectivity index (χ0v) is 13.2. The summed E-state index contributed by atoms with van der Waals surface area (Å²) in [5.74, 6) is 0.717. The lowest BCUT2D eigenvalue weighted by Crippen LogP contribution is -2.38. The molecule has 116 valence electrons. The van der Waals surface area contributed by atoms with Crippen LogP contribution in [0.25, 0.3) is 0 Å². The van der Waals surface area contributed by atoms with Crippen molar-refractivity contribution in [3.8, 4) is 5.75 Å². The Morgan fingerprint density at radius 2 is 2.24 bits per heavy atom. The predicted molar refractivity (Wildman–Crippen MR) is 80.6 cm³/mol. The van der Waals surface area contributed by atoms with Crippen molar-refractivity contribution < 1.29 is 23.1 Å². The third kappa shape index (κ3) is 3.90. The largest absolute Gasteiger partial charge is 0.495 e. The van der Waals surface area contributed by atoms with Gasteiger partial charge in [-0.15, -0.1) is 0 Å². The average Bonchev–Trinajstić information content (AvgIpc) is 2.47. The van der Waals surface area contributed by atoms with Crippen molar-refractivity contribution in [2.45, 2.75) is 23.8 Å². The first-order chi connectivity index (χ1) is 9.94. The number of methoxy groups -OCH3 is 1. The molecule has 1 fully saturated rings. The van der Waals surface area contributed by atoms with Crippen LogP contribution < -0.4 is 9.46 Å². The number of aromatic carboxylic acids is 1. The minimum Gasteiger partial charge on any atom is -0.495 e. The van der Waals surface area contributed by atoms with Crippen molar-refractivity contribution in [3.63, 3.8) is 0 Å². The van der Waals surface area contributed by atoms with Crippen molar-refractivity contribution in [1.29, 1.82) is 0 Å². The quantitative estimate of drug-likeness (QED) is 0.851. The fraction of sp³-hybridized carbons (Fsp3) is 0.462. The van der Waals surface area contributed by atoms with Crippen LogP contribution >= 0.6 is 11.8 Å². The van der Waals surface area contributed by atoms with Crippen LogP contribution in [-0.2, 0) is 10.0 Å². The van der Waals surface area contributed by atoms with Crippen molar-refractivity contribution in [3.05, 3.63) is 23.8 Å². The van der Waals surface area contributed by atoms with Gasteiger partial charge in [0.05, 0.1) is 12.7 Å². The monoisotopic (exact) mass is 331 g/mol. The Hall–Kier alpha value is -1.25. The second-order valence-electron chi connectivity index (χ2n) is 4.71. The van der Waals surface area contributed by atoms with Gasteiger partial charge >= 0.3 is 5.97 Å². The molecule has 0 aromatic heterocycles. The van der Waals surface area contributed by atoms with Crippen LogP contribution in [0.1, 0.15) is 23.2 Å². The highest BCUT2D eigenvalue weighted by atomic mass is 32.2. The normalized spacial score (nSPS) is 19.2. The van der Waals surface area contributed by atoms with E-state index < -0.39 is 16.0 Å². The van der Waals surface area contributed by atoms with Crippen molar-refractivity contribution in [2.24, 2.45) is 0 Å². The highest BCUT2D eigenvalue weighted by Crippen LogP contribution is 2.26. The molecule has 1 saturated heterocycles. The maximum absolute atomic E-state index is 12.5. The molecule has 1 aromatic rings. The number of sulfonamides is 1. The molecular formula is C13H17NO5S2. The number of carbonyl (C=O) groups is 1. The summed E-state index contributed by atoms with van der Waals surface area (Å²) in [4.78, 5) is 10.9. The van der Waals surface area contributed by atoms with Gasteiger partial charge in [0, 0.05) is 11.8 Å². The second kappa shape index (κ2) is 6.67. The Labute approximate surface area is 127 Å². The fourth-order valence-electron chi connectivity index (χ4n) is 2.14. The Bertz CT molecular complexity index is 623. The number of benzene rings is 1. The van der Waals surface area contributed by atoms with Gasteiger partial charge in [-0.05, 0) is 36.8 Å². The summed E-state index contributed by atoms with van der Waals surface area (Å²) >= 11 is 1.70. The number of nitrogens with one attached hydrogen (secondary N) is 1. The van der Waals surface area contributed by atoms with Crippen LogP contribution in [0.5, 0.6) is 5.75 Å². The highest BCUT2D eigenvalue weighted by molar-refractivity contribution is 7.99. The molecule has 0 bridgehead atoms. The third-order valence-electron chi connectivity index (χ3n) is 3.18. The first kappa shape index (κ1) is 16.1. The average molecular weight is 331 g/mol. The predicted octanol–water partition coefficient (Wildman–Crippen LogP) is 1.57. The lowest BCUT2D eigenvalue weighted by atomic mass is 10.2. The standard InChI is InChI=1S/C13H17NO5S2/c1-19-11-5-4-9(13(15)16)7-12(11)21(17,18)14-10-3-2-6-20-8-10/h4-5,7,10,14H,2-3,6,8H2,1H3,(H,15,16). The van der Waals surface area contributed by atoms with E-state index in [0.717, 1.165) is 30.4 Å². The van der Waals surface area contributed by atoms with E-state index in [-0.39, 0.29) is 22.3 Å². The molecule has 1 aliphatic heterocycles. The van der Waals surface area contributed by atoms with E-state index in [4.69, 9.17) is 9.84 Å². The molecule has 0 radical (unpaired) electrons. The van der Waals surface area contributed by atoms with Gasteiger partial charge in [-0.2, -0.15) is 11.8 Å². The van der Waals surface area contributed by atoms with Gasteiger partial charge in [0.2, 0.25) is 10.0 Å². The van der Waals surface area contributed by atoms with Crippen LogP contribution in [0, 0.1) is 0 Å². The summed E-state index contributed by atoms with van der Waals surface area (Å²) in [5.41, 5.74) is -0.0887.